The molecular formula is C13H9ClF2N2O. The van der Waals surface area contributed by atoms with Crippen molar-refractivity contribution >= 4 is 17.5 Å². The molecule has 0 atom stereocenters. The first-order chi connectivity index (χ1) is 9.08. The summed E-state index contributed by atoms with van der Waals surface area (Å²) >= 11 is 5.51. The van der Waals surface area contributed by atoms with Crippen LogP contribution in [-0.4, -0.2) is 10.9 Å². The molecule has 1 amide bonds. The fourth-order valence-electron chi connectivity index (χ4n) is 1.49. The number of amides is 1. The van der Waals surface area contributed by atoms with Crippen molar-refractivity contribution in [2.45, 2.75) is 6.54 Å². The van der Waals surface area contributed by atoms with Gasteiger partial charge in [0.2, 0.25) is 0 Å². The lowest BCUT2D eigenvalue weighted by atomic mass is 10.2. The van der Waals surface area contributed by atoms with Crippen LogP contribution in [0, 0.1) is 11.6 Å². The highest BCUT2D eigenvalue weighted by atomic mass is 35.5. The van der Waals surface area contributed by atoms with E-state index in [1.54, 1.807) is 18.3 Å². The Labute approximate surface area is 113 Å². The van der Waals surface area contributed by atoms with Crippen molar-refractivity contribution in [2.24, 2.45) is 0 Å². The van der Waals surface area contributed by atoms with Gasteiger partial charge in [0.1, 0.15) is 0 Å². The zero-order valence-corrected chi connectivity index (χ0v) is 10.4. The lowest BCUT2D eigenvalue weighted by Gasteiger charge is -2.06. The molecule has 1 aromatic carbocycles. The van der Waals surface area contributed by atoms with E-state index in [-0.39, 0.29) is 17.5 Å². The maximum absolute atomic E-state index is 13.1. The smallest absolute Gasteiger partial charge is 0.253 e. The zero-order valence-electron chi connectivity index (χ0n) is 9.66. The second-order valence-electron chi connectivity index (χ2n) is 3.80. The fraction of sp³-hybridized carbons (Fsp3) is 0.0769. The molecule has 1 aromatic heterocycles. The average Bonchev–Trinajstić information content (AvgIpc) is 2.43. The molecule has 0 bridgehead atoms. The van der Waals surface area contributed by atoms with Gasteiger partial charge < -0.3 is 5.32 Å². The van der Waals surface area contributed by atoms with E-state index in [0.29, 0.717) is 11.1 Å². The Morgan fingerprint density at radius 3 is 2.79 bits per heavy atom. The number of halogens is 3. The molecule has 2 rings (SSSR count). The second-order valence-corrected chi connectivity index (χ2v) is 4.21. The highest BCUT2D eigenvalue weighted by molar-refractivity contribution is 6.30. The molecule has 6 heteroatoms. The number of aromatic nitrogens is 1. The Bertz CT molecular complexity index is 582. The third-order valence-electron chi connectivity index (χ3n) is 2.42. The van der Waals surface area contributed by atoms with E-state index in [1.807, 2.05) is 0 Å². The number of pyridine rings is 1. The summed E-state index contributed by atoms with van der Waals surface area (Å²) in [6.07, 6.45) is 2.96. The van der Waals surface area contributed by atoms with E-state index < -0.39 is 11.6 Å². The van der Waals surface area contributed by atoms with E-state index in [0.717, 1.165) is 6.07 Å². The zero-order chi connectivity index (χ0) is 13.8. The highest BCUT2D eigenvalue weighted by Crippen LogP contribution is 2.19. The van der Waals surface area contributed by atoms with Gasteiger partial charge in [0.15, 0.2) is 11.6 Å². The molecule has 0 aliphatic carbocycles. The van der Waals surface area contributed by atoms with E-state index in [9.17, 15) is 13.6 Å². The van der Waals surface area contributed by atoms with Crippen LogP contribution in [0.1, 0.15) is 15.9 Å². The molecule has 1 heterocycles. The van der Waals surface area contributed by atoms with Crippen molar-refractivity contribution in [3.63, 3.8) is 0 Å². The van der Waals surface area contributed by atoms with Crippen molar-refractivity contribution in [3.05, 3.63) is 64.4 Å². The van der Waals surface area contributed by atoms with Crippen LogP contribution in [0.25, 0.3) is 0 Å². The number of carbonyl (C=O) groups excluding carboxylic acids is 1. The minimum absolute atomic E-state index is 0.0463. The number of hydrogen-bond acceptors (Lipinski definition) is 2. The summed E-state index contributed by atoms with van der Waals surface area (Å²) in [5.74, 6) is -2.49. The van der Waals surface area contributed by atoms with Gasteiger partial charge in [0.25, 0.3) is 5.91 Å². The Balaban J connectivity index is 2.05. The third kappa shape index (κ3) is 3.26. The Morgan fingerprint density at radius 2 is 2.16 bits per heavy atom. The number of benzene rings is 1. The van der Waals surface area contributed by atoms with Crippen LogP contribution < -0.4 is 5.32 Å². The van der Waals surface area contributed by atoms with Crippen LogP contribution in [0.3, 0.4) is 0 Å². The summed E-state index contributed by atoms with van der Waals surface area (Å²) in [6.45, 7) is 0.0463. The van der Waals surface area contributed by atoms with Crippen LogP contribution in [-0.2, 0) is 6.54 Å². The molecule has 3 nitrogen and oxygen atoms in total. The number of nitrogens with zero attached hydrogens (tertiary/aromatic N) is 1. The number of rotatable bonds is 3. The molecule has 19 heavy (non-hydrogen) atoms. The molecule has 0 unspecified atom stereocenters. The lowest BCUT2D eigenvalue weighted by Crippen LogP contribution is -2.23. The minimum atomic E-state index is -1.09. The Morgan fingerprint density at radius 1 is 1.37 bits per heavy atom. The largest absolute Gasteiger partial charge is 0.348 e. The average molecular weight is 283 g/mol. The van der Waals surface area contributed by atoms with Crippen LogP contribution in [0.2, 0.25) is 5.02 Å². The van der Waals surface area contributed by atoms with E-state index in [2.05, 4.69) is 10.3 Å². The predicted octanol–water partition coefficient (Wildman–Crippen LogP) is 2.94. The van der Waals surface area contributed by atoms with Crippen molar-refractivity contribution in [3.8, 4) is 0 Å². The minimum Gasteiger partial charge on any atom is -0.348 e. The number of nitrogens with one attached hydrogen (secondary N) is 1. The van der Waals surface area contributed by atoms with Gasteiger partial charge in [-0.05, 0) is 29.8 Å². The van der Waals surface area contributed by atoms with Gasteiger partial charge in [-0.2, -0.15) is 0 Å². The van der Waals surface area contributed by atoms with Crippen LogP contribution in [0.5, 0.6) is 0 Å². The first-order valence-corrected chi connectivity index (χ1v) is 5.77. The van der Waals surface area contributed by atoms with Gasteiger partial charge in [0, 0.05) is 18.9 Å². The van der Waals surface area contributed by atoms with Crippen LogP contribution >= 0.6 is 11.6 Å². The molecule has 0 fully saturated rings. The summed E-state index contributed by atoms with van der Waals surface area (Å²) in [7, 11) is 0. The number of hydrogen-bond donors (Lipinski definition) is 1. The van der Waals surface area contributed by atoms with Crippen LogP contribution in [0.4, 0.5) is 8.78 Å². The SMILES string of the molecule is O=C(NCc1cc(F)c(F)c(Cl)c1)c1cccnc1. The van der Waals surface area contributed by atoms with Gasteiger partial charge in [-0.25, -0.2) is 8.78 Å². The molecular weight excluding hydrogens is 274 g/mol. The van der Waals surface area contributed by atoms with Gasteiger partial charge in [-0.3, -0.25) is 9.78 Å². The maximum atomic E-state index is 13.1. The molecule has 98 valence electrons. The summed E-state index contributed by atoms with van der Waals surface area (Å²) in [6, 6.07) is 5.48. The molecule has 0 saturated carbocycles. The van der Waals surface area contributed by atoms with Crippen LogP contribution in [0.15, 0.2) is 36.7 Å². The topological polar surface area (TPSA) is 42.0 Å². The Kier molecular flexibility index (Phi) is 4.06. The Hall–Kier alpha value is -2.01. The highest BCUT2D eigenvalue weighted by Gasteiger charge is 2.10. The first kappa shape index (κ1) is 13.4. The molecule has 0 aliphatic rings. The van der Waals surface area contributed by atoms with Crippen molar-refractivity contribution in [1.82, 2.24) is 10.3 Å². The summed E-state index contributed by atoms with van der Waals surface area (Å²) in [4.78, 5) is 15.5. The molecule has 0 radical (unpaired) electrons. The summed E-state index contributed by atoms with van der Waals surface area (Å²) < 4.78 is 26.1. The van der Waals surface area contributed by atoms with Gasteiger partial charge >= 0.3 is 0 Å². The van der Waals surface area contributed by atoms with Gasteiger partial charge in [-0.1, -0.05) is 11.6 Å². The summed E-state index contributed by atoms with van der Waals surface area (Å²) in [5, 5.41) is 2.25. The predicted molar refractivity (Wildman–Crippen MR) is 66.8 cm³/mol. The van der Waals surface area contributed by atoms with E-state index in [1.165, 1.54) is 12.3 Å². The van der Waals surface area contributed by atoms with E-state index >= 15 is 0 Å². The quantitative estimate of drug-likeness (QED) is 0.880. The second kappa shape index (κ2) is 5.75. The standard InChI is InChI=1S/C13H9ClF2N2O/c14-10-4-8(5-11(15)12(10)16)6-18-13(19)9-2-1-3-17-7-9/h1-5,7H,6H2,(H,18,19). The molecule has 0 saturated heterocycles. The molecule has 1 N–H and O–H groups in total. The lowest BCUT2D eigenvalue weighted by molar-refractivity contribution is 0.0950. The summed E-state index contributed by atoms with van der Waals surface area (Å²) in [5.41, 5.74) is 0.761. The van der Waals surface area contributed by atoms with Crippen molar-refractivity contribution in [2.75, 3.05) is 0 Å². The normalized spacial score (nSPS) is 10.3. The maximum Gasteiger partial charge on any atom is 0.253 e. The molecule has 0 spiro atoms. The third-order valence-corrected chi connectivity index (χ3v) is 2.70. The monoisotopic (exact) mass is 282 g/mol. The van der Waals surface area contributed by atoms with Crippen molar-refractivity contribution in [1.29, 1.82) is 0 Å². The van der Waals surface area contributed by atoms with E-state index in [4.69, 9.17) is 11.6 Å². The molecule has 0 aliphatic heterocycles. The number of carbonyl (C=O) groups is 1. The van der Waals surface area contributed by atoms with Gasteiger partial charge in [0.05, 0.1) is 10.6 Å². The first-order valence-electron chi connectivity index (χ1n) is 5.39. The fourth-order valence-corrected chi connectivity index (χ4v) is 1.72. The van der Waals surface area contributed by atoms with Crippen molar-refractivity contribution < 1.29 is 13.6 Å². The molecule has 2 aromatic rings. The van der Waals surface area contributed by atoms with Gasteiger partial charge in [-0.15, -0.1) is 0 Å².